The Morgan fingerprint density at radius 2 is 1.84 bits per heavy atom. The predicted molar refractivity (Wildman–Crippen MR) is 93.3 cm³/mol. The van der Waals surface area contributed by atoms with Gasteiger partial charge in [0, 0.05) is 18.5 Å². The van der Waals surface area contributed by atoms with Crippen molar-refractivity contribution in [2.75, 3.05) is 0 Å². The van der Waals surface area contributed by atoms with Gasteiger partial charge in [0.25, 0.3) is 5.56 Å². The Hall–Kier alpha value is -3.22. The van der Waals surface area contributed by atoms with Gasteiger partial charge in [-0.15, -0.1) is 5.10 Å². The first-order valence-electron chi connectivity index (χ1n) is 8.01. The van der Waals surface area contributed by atoms with Crippen LogP contribution in [-0.2, 0) is 4.79 Å². The molecule has 3 rings (SSSR count). The van der Waals surface area contributed by atoms with Crippen LogP contribution in [0.4, 0.5) is 0 Å². The van der Waals surface area contributed by atoms with Crippen molar-refractivity contribution < 1.29 is 4.79 Å². The zero-order valence-corrected chi connectivity index (χ0v) is 14.0. The van der Waals surface area contributed by atoms with Crippen molar-refractivity contribution in [2.24, 2.45) is 0 Å². The molecule has 0 aliphatic rings. The summed E-state index contributed by atoms with van der Waals surface area (Å²) in [4.78, 5) is 24.7. The number of aromatic nitrogens is 4. The highest BCUT2D eigenvalue weighted by Crippen LogP contribution is 2.13. The van der Waals surface area contributed by atoms with Crippen LogP contribution < -0.4 is 10.9 Å². The van der Waals surface area contributed by atoms with Gasteiger partial charge in [0.1, 0.15) is 6.04 Å². The van der Waals surface area contributed by atoms with Gasteiger partial charge in [-0.3, -0.25) is 9.59 Å². The van der Waals surface area contributed by atoms with E-state index in [4.69, 9.17) is 0 Å². The Morgan fingerprint density at radius 1 is 1.08 bits per heavy atom. The summed E-state index contributed by atoms with van der Waals surface area (Å²) in [5, 5.41) is 11.3. The molecule has 0 aliphatic heterocycles. The summed E-state index contributed by atoms with van der Waals surface area (Å²) in [5.41, 5.74) is 0.652. The van der Waals surface area contributed by atoms with E-state index in [0.29, 0.717) is 5.82 Å². The first-order valence-corrected chi connectivity index (χ1v) is 8.01. The van der Waals surface area contributed by atoms with E-state index in [1.54, 1.807) is 31.5 Å². The lowest BCUT2D eigenvalue weighted by molar-refractivity contribution is -0.124. The monoisotopic (exact) mass is 337 g/mol. The Kier molecular flexibility index (Phi) is 4.74. The highest BCUT2D eigenvalue weighted by molar-refractivity contribution is 5.80. The van der Waals surface area contributed by atoms with E-state index in [9.17, 15) is 9.59 Å². The number of nitrogens with zero attached hydrogens (tertiary/aromatic N) is 4. The molecule has 0 bridgehead atoms. The number of carbonyl (C=O) groups is 1. The fraction of sp³-hybridized carbons (Fsp3) is 0.222. The Balaban J connectivity index is 1.80. The van der Waals surface area contributed by atoms with E-state index in [0.717, 1.165) is 5.56 Å². The summed E-state index contributed by atoms with van der Waals surface area (Å²) in [6, 6.07) is 13.5. The highest BCUT2D eigenvalue weighted by Gasteiger charge is 2.20. The Morgan fingerprint density at radius 3 is 2.52 bits per heavy atom. The fourth-order valence-corrected chi connectivity index (χ4v) is 2.49. The molecular formula is C18H19N5O2. The van der Waals surface area contributed by atoms with Crippen molar-refractivity contribution in [1.82, 2.24) is 24.9 Å². The molecule has 2 atom stereocenters. The van der Waals surface area contributed by atoms with Crippen molar-refractivity contribution >= 4 is 5.91 Å². The summed E-state index contributed by atoms with van der Waals surface area (Å²) in [5.74, 6) is 0.198. The van der Waals surface area contributed by atoms with E-state index in [1.165, 1.54) is 15.4 Å². The number of nitrogens with one attached hydrogen (secondary N) is 1. The van der Waals surface area contributed by atoms with Gasteiger partial charge in [-0.25, -0.2) is 9.36 Å². The molecule has 1 aromatic carbocycles. The van der Waals surface area contributed by atoms with Gasteiger partial charge in [-0.1, -0.05) is 30.3 Å². The lowest BCUT2D eigenvalue weighted by atomic mass is 10.1. The third kappa shape index (κ3) is 3.65. The van der Waals surface area contributed by atoms with E-state index in [1.807, 2.05) is 37.3 Å². The van der Waals surface area contributed by atoms with Crippen LogP contribution in [0, 0.1) is 0 Å². The number of benzene rings is 1. The number of hydrogen-bond donors (Lipinski definition) is 1. The minimum atomic E-state index is -0.742. The molecule has 2 heterocycles. The van der Waals surface area contributed by atoms with Crippen LogP contribution in [-0.4, -0.2) is 25.5 Å². The average molecular weight is 337 g/mol. The zero-order valence-electron chi connectivity index (χ0n) is 14.0. The van der Waals surface area contributed by atoms with E-state index in [-0.39, 0.29) is 17.5 Å². The third-order valence-corrected chi connectivity index (χ3v) is 3.95. The molecule has 3 aromatic rings. The number of rotatable bonds is 5. The second kappa shape index (κ2) is 7.12. The lowest BCUT2D eigenvalue weighted by Crippen LogP contribution is -2.38. The van der Waals surface area contributed by atoms with Crippen molar-refractivity contribution in [3.8, 4) is 5.82 Å². The van der Waals surface area contributed by atoms with Gasteiger partial charge in [-0.05, 0) is 31.5 Å². The Bertz CT molecular complexity index is 903. The smallest absolute Gasteiger partial charge is 0.267 e. The average Bonchev–Trinajstić information content (AvgIpc) is 3.17. The van der Waals surface area contributed by atoms with E-state index < -0.39 is 6.04 Å². The minimum Gasteiger partial charge on any atom is -0.348 e. The van der Waals surface area contributed by atoms with Crippen LogP contribution in [0.15, 0.2) is 65.7 Å². The molecule has 25 heavy (non-hydrogen) atoms. The summed E-state index contributed by atoms with van der Waals surface area (Å²) in [6.07, 6.45) is 3.34. The van der Waals surface area contributed by atoms with Crippen LogP contribution in [0.25, 0.3) is 5.82 Å². The second-order valence-corrected chi connectivity index (χ2v) is 5.74. The summed E-state index contributed by atoms with van der Waals surface area (Å²) in [7, 11) is 0. The van der Waals surface area contributed by atoms with E-state index >= 15 is 0 Å². The maximum Gasteiger partial charge on any atom is 0.267 e. The molecule has 0 saturated heterocycles. The van der Waals surface area contributed by atoms with Crippen molar-refractivity contribution in [3.63, 3.8) is 0 Å². The van der Waals surface area contributed by atoms with Gasteiger partial charge in [0.05, 0.1) is 6.04 Å². The molecule has 0 spiro atoms. The molecule has 0 radical (unpaired) electrons. The zero-order chi connectivity index (χ0) is 17.8. The largest absolute Gasteiger partial charge is 0.348 e. The normalized spacial score (nSPS) is 13.2. The molecule has 0 aliphatic carbocycles. The summed E-state index contributed by atoms with van der Waals surface area (Å²) >= 11 is 0. The number of hydrogen-bond acceptors (Lipinski definition) is 4. The quantitative estimate of drug-likeness (QED) is 0.770. The van der Waals surface area contributed by atoms with E-state index in [2.05, 4.69) is 15.5 Å². The molecule has 2 aromatic heterocycles. The van der Waals surface area contributed by atoms with Gasteiger partial charge in [0.15, 0.2) is 5.82 Å². The molecule has 1 N–H and O–H groups in total. The Labute approximate surface area is 144 Å². The van der Waals surface area contributed by atoms with Gasteiger partial charge in [0.2, 0.25) is 5.91 Å². The van der Waals surface area contributed by atoms with Crippen molar-refractivity contribution in [3.05, 3.63) is 76.8 Å². The first kappa shape index (κ1) is 16.6. The maximum absolute atomic E-state index is 12.5. The highest BCUT2D eigenvalue weighted by atomic mass is 16.2. The molecular weight excluding hydrogens is 318 g/mol. The SMILES string of the molecule is CC(NC(=O)C(C)n1nc(-n2cccn2)ccc1=O)c1ccccc1. The van der Waals surface area contributed by atoms with Crippen LogP contribution in [0.1, 0.15) is 31.5 Å². The topological polar surface area (TPSA) is 81.8 Å². The molecule has 7 nitrogen and oxygen atoms in total. The molecule has 7 heteroatoms. The number of carbonyl (C=O) groups excluding carboxylic acids is 1. The molecule has 0 fully saturated rings. The number of amides is 1. The second-order valence-electron chi connectivity index (χ2n) is 5.74. The standard InChI is InChI=1S/C18H19N5O2/c1-13(15-7-4-3-5-8-15)20-18(25)14(2)23-17(24)10-9-16(21-23)22-12-6-11-19-22/h3-14H,1-2H3,(H,20,25). The molecule has 128 valence electrons. The van der Waals surface area contributed by atoms with Gasteiger partial charge < -0.3 is 5.32 Å². The van der Waals surface area contributed by atoms with Gasteiger partial charge in [-0.2, -0.15) is 5.10 Å². The van der Waals surface area contributed by atoms with Gasteiger partial charge >= 0.3 is 0 Å². The summed E-state index contributed by atoms with van der Waals surface area (Å²) in [6.45, 7) is 3.55. The van der Waals surface area contributed by atoms with Crippen molar-refractivity contribution in [2.45, 2.75) is 25.9 Å². The van der Waals surface area contributed by atoms with Crippen LogP contribution in [0.2, 0.25) is 0 Å². The maximum atomic E-state index is 12.5. The first-order chi connectivity index (χ1) is 12.1. The summed E-state index contributed by atoms with van der Waals surface area (Å²) < 4.78 is 2.71. The third-order valence-electron chi connectivity index (χ3n) is 3.95. The molecule has 2 unspecified atom stereocenters. The predicted octanol–water partition coefficient (Wildman–Crippen LogP) is 1.87. The minimum absolute atomic E-state index is 0.166. The fourth-order valence-electron chi connectivity index (χ4n) is 2.49. The van der Waals surface area contributed by atoms with Crippen LogP contribution >= 0.6 is 0 Å². The van der Waals surface area contributed by atoms with Crippen LogP contribution in [0.3, 0.4) is 0 Å². The molecule has 0 saturated carbocycles. The molecule has 1 amide bonds. The van der Waals surface area contributed by atoms with Crippen molar-refractivity contribution in [1.29, 1.82) is 0 Å². The van der Waals surface area contributed by atoms with Crippen LogP contribution in [0.5, 0.6) is 0 Å². The lowest BCUT2D eigenvalue weighted by Gasteiger charge is -2.19.